The van der Waals surface area contributed by atoms with Crippen LogP contribution in [0.3, 0.4) is 0 Å². The summed E-state index contributed by atoms with van der Waals surface area (Å²) in [5.74, 6) is 0. The van der Waals surface area contributed by atoms with Gasteiger partial charge in [0.05, 0.1) is 0 Å². The van der Waals surface area contributed by atoms with Crippen LogP contribution >= 0.6 is 0 Å². The number of hydrogen-bond donors (Lipinski definition) is 0. The zero-order valence-electron chi connectivity index (χ0n) is 4.70. The Kier molecular flexibility index (Phi) is 15.0. The van der Waals surface area contributed by atoms with Gasteiger partial charge in [0.1, 0.15) is 6.29 Å². The van der Waals surface area contributed by atoms with Crippen molar-refractivity contribution in [1.29, 1.82) is 0 Å². The van der Waals surface area contributed by atoms with Crippen molar-refractivity contribution in [3.8, 4) is 0 Å². The normalized spacial score (nSPS) is 9.50. The zero-order chi connectivity index (χ0) is 5.54. The molecule has 0 fully saturated rings. The van der Waals surface area contributed by atoms with Gasteiger partial charge in [-0.15, -0.1) is 6.26 Å². The topological polar surface area (TPSA) is 40.1 Å². The van der Waals surface area contributed by atoms with Gasteiger partial charge in [0, 0.05) is 0 Å². The maximum Gasteiger partial charge on any atom is 1.00 e. The molecule has 3 heteroatoms. The fourth-order valence-corrected chi connectivity index (χ4v) is 0.155. The summed E-state index contributed by atoms with van der Waals surface area (Å²) < 4.78 is 0. The molecule has 2 nitrogen and oxygen atoms in total. The Morgan fingerprint density at radius 1 is 1.12 bits per heavy atom. The van der Waals surface area contributed by atoms with E-state index in [-0.39, 0.29) is 51.4 Å². The summed E-state index contributed by atoms with van der Waals surface area (Å²) in [6.45, 7) is 0. The molecule has 0 N–H and O–H groups in total. The third-order valence-electron chi connectivity index (χ3n) is 0.379. The van der Waals surface area contributed by atoms with Gasteiger partial charge in [-0.1, -0.05) is 12.2 Å². The van der Waals surface area contributed by atoms with Crippen LogP contribution in [0.1, 0.15) is 0 Å². The molecule has 0 radical (unpaired) electrons. The Hall–Kier alpha value is 0.586. The van der Waals surface area contributed by atoms with Crippen molar-refractivity contribution in [1.82, 2.24) is 0 Å². The summed E-state index contributed by atoms with van der Waals surface area (Å²) in [6.07, 6.45) is 5.09. The van der Waals surface area contributed by atoms with Gasteiger partial charge in [-0.25, -0.2) is 0 Å². The van der Waals surface area contributed by atoms with Crippen LogP contribution in [0.25, 0.3) is 0 Å². The molecule has 0 saturated carbocycles. The van der Waals surface area contributed by atoms with E-state index < -0.39 is 0 Å². The first-order valence-electron chi connectivity index (χ1n) is 1.80. The summed E-state index contributed by atoms with van der Waals surface area (Å²) >= 11 is 0. The Balaban J connectivity index is 0. The molecule has 0 aliphatic carbocycles. The fraction of sp³-hybridized carbons (Fsp3) is 0. The number of allylic oxidation sites excluding steroid dienone is 3. The van der Waals surface area contributed by atoms with E-state index in [9.17, 15) is 9.90 Å². The minimum atomic E-state index is 0. The first-order valence-corrected chi connectivity index (χ1v) is 1.80. The molecule has 0 aromatic heterocycles. The van der Waals surface area contributed by atoms with Crippen molar-refractivity contribution >= 4 is 6.29 Å². The monoisotopic (exact) mass is 136 g/mol. The van der Waals surface area contributed by atoms with E-state index >= 15 is 0 Å². The van der Waals surface area contributed by atoms with Crippen LogP contribution < -0.4 is 56.5 Å². The maximum atomic E-state index is 9.46. The van der Waals surface area contributed by atoms with Crippen molar-refractivity contribution < 1.29 is 61.3 Å². The van der Waals surface area contributed by atoms with E-state index in [1.807, 2.05) is 0 Å². The molecule has 0 aliphatic rings. The molecule has 8 heavy (non-hydrogen) atoms. The zero-order valence-corrected chi connectivity index (χ0v) is 7.83. The summed E-state index contributed by atoms with van der Waals surface area (Å²) in [6, 6.07) is 0. The van der Waals surface area contributed by atoms with Crippen molar-refractivity contribution in [2.24, 2.45) is 0 Å². The molecular weight excluding hydrogens is 131 g/mol. The van der Waals surface area contributed by atoms with Crippen molar-refractivity contribution in [3.05, 3.63) is 24.5 Å². The second-order valence-corrected chi connectivity index (χ2v) is 0.850. The Labute approximate surface area is 90.7 Å². The molecule has 0 amide bonds. The first-order chi connectivity index (χ1) is 3.41. The molecule has 38 valence electrons. The van der Waals surface area contributed by atoms with Crippen LogP contribution in [0.5, 0.6) is 0 Å². The van der Waals surface area contributed by atoms with Gasteiger partial charge < -0.3 is 5.11 Å². The minimum Gasteiger partial charge on any atom is -0.878 e. The largest absolute Gasteiger partial charge is 1.00 e. The number of carbonyl (C=O) groups is 1. The summed E-state index contributed by atoms with van der Waals surface area (Å²) in [4.78, 5) is 9.46. The third kappa shape index (κ3) is 9.77. The molecule has 0 aliphatic heterocycles. The molecule has 0 unspecified atom stereocenters. The Bertz CT molecular complexity index is 96.6. The van der Waals surface area contributed by atoms with Crippen molar-refractivity contribution in [2.45, 2.75) is 0 Å². The third-order valence-corrected chi connectivity index (χ3v) is 0.379. The predicted octanol–water partition coefficient (Wildman–Crippen LogP) is -3.38. The van der Waals surface area contributed by atoms with Crippen LogP contribution in [0.2, 0.25) is 0 Å². The van der Waals surface area contributed by atoms with Crippen LogP contribution in [0.4, 0.5) is 0 Å². The van der Waals surface area contributed by atoms with Crippen LogP contribution in [0, 0.1) is 0 Å². The molecular formula is C5H5KO2. The van der Waals surface area contributed by atoms with E-state index in [2.05, 4.69) is 0 Å². The average molecular weight is 136 g/mol. The number of carbonyl (C=O) groups excluding carboxylic acids is 1. The molecule has 0 bridgehead atoms. The van der Waals surface area contributed by atoms with Crippen LogP contribution in [-0.2, 0) is 4.79 Å². The molecule has 0 aromatic rings. The molecule has 0 aromatic carbocycles. The molecule has 0 heterocycles. The summed E-state index contributed by atoms with van der Waals surface area (Å²) in [5.41, 5.74) is 0. The van der Waals surface area contributed by atoms with Gasteiger partial charge in [-0.2, -0.15) is 0 Å². The van der Waals surface area contributed by atoms with Gasteiger partial charge in [0.25, 0.3) is 0 Å². The van der Waals surface area contributed by atoms with Gasteiger partial charge in [0.15, 0.2) is 0 Å². The quantitative estimate of drug-likeness (QED) is 0.131. The van der Waals surface area contributed by atoms with E-state index in [0.717, 1.165) is 0 Å². The number of hydrogen-bond acceptors (Lipinski definition) is 2. The smallest absolute Gasteiger partial charge is 0.878 e. The Morgan fingerprint density at radius 3 is 2.12 bits per heavy atom. The van der Waals surface area contributed by atoms with Gasteiger partial charge in [-0.05, 0) is 6.08 Å². The van der Waals surface area contributed by atoms with E-state index in [4.69, 9.17) is 0 Å². The Morgan fingerprint density at radius 2 is 1.75 bits per heavy atom. The second kappa shape index (κ2) is 10.5. The average Bonchev–Trinajstić information content (AvgIpc) is 1.69. The van der Waals surface area contributed by atoms with Crippen molar-refractivity contribution in [3.63, 3.8) is 0 Å². The van der Waals surface area contributed by atoms with E-state index in [1.54, 1.807) is 0 Å². The van der Waals surface area contributed by atoms with Crippen LogP contribution in [0.15, 0.2) is 24.5 Å². The van der Waals surface area contributed by atoms with Gasteiger partial charge in [0.2, 0.25) is 0 Å². The minimum absolute atomic E-state index is 0. The molecule has 0 rings (SSSR count). The number of aldehydes is 1. The standard InChI is InChI=1S/C5H6O2.K/c6-4-2-1-3-5-7;/h1-6H;/q;+1/p-1. The SMILES string of the molecule is O=CC=CC=C[O-].[K+]. The number of rotatable bonds is 2. The summed E-state index contributed by atoms with van der Waals surface area (Å²) in [5, 5.41) is 9.46. The maximum absolute atomic E-state index is 9.46. The van der Waals surface area contributed by atoms with E-state index in [0.29, 0.717) is 12.5 Å². The van der Waals surface area contributed by atoms with Crippen LogP contribution in [-0.4, -0.2) is 6.29 Å². The van der Waals surface area contributed by atoms with Gasteiger partial charge in [-0.3, -0.25) is 4.79 Å². The first kappa shape index (κ1) is 11.4. The van der Waals surface area contributed by atoms with Gasteiger partial charge >= 0.3 is 51.4 Å². The summed E-state index contributed by atoms with van der Waals surface area (Å²) in [7, 11) is 0. The van der Waals surface area contributed by atoms with Crippen molar-refractivity contribution in [2.75, 3.05) is 0 Å². The second-order valence-electron chi connectivity index (χ2n) is 0.850. The van der Waals surface area contributed by atoms with E-state index in [1.165, 1.54) is 18.2 Å². The predicted molar refractivity (Wildman–Crippen MR) is 24.3 cm³/mol. The molecule has 0 spiro atoms. The fourth-order valence-electron chi connectivity index (χ4n) is 0.155. The molecule has 0 saturated heterocycles. The molecule has 0 atom stereocenters.